The van der Waals surface area contributed by atoms with E-state index in [1.807, 2.05) is 20.8 Å². The number of ether oxygens (including phenoxy) is 2. The zero-order valence-corrected chi connectivity index (χ0v) is 11.3. The molecule has 0 radical (unpaired) electrons. The molecule has 0 aromatic rings. The molecule has 18 heavy (non-hydrogen) atoms. The van der Waals surface area contributed by atoms with Gasteiger partial charge in [0.2, 0.25) is 0 Å². The lowest BCUT2D eigenvalue weighted by atomic mass is 9.90. The fraction of sp³-hybridized carbons (Fsp3) is 0.846. The van der Waals surface area contributed by atoms with Crippen LogP contribution < -0.4 is 0 Å². The first kappa shape index (κ1) is 13.2. The topological polar surface area (TPSA) is 55.8 Å². The Kier molecular flexibility index (Phi) is 3.25. The van der Waals surface area contributed by atoms with E-state index in [1.54, 1.807) is 4.90 Å². The Labute approximate surface area is 107 Å². The molecule has 0 aliphatic carbocycles. The molecule has 1 atom stereocenters. The summed E-state index contributed by atoms with van der Waals surface area (Å²) in [7, 11) is 0. The van der Waals surface area contributed by atoms with Gasteiger partial charge in [-0.1, -0.05) is 0 Å². The van der Waals surface area contributed by atoms with Crippen molar-refractivity contribution in [3.05, 3.63) is 0 Å². The molecule has 0 saturated carbocycles. The third-order valence-corrected chi connectivity index (χ3v) is 3.31. The van der Waals surface area contributed by atoms with E-state index in [1.165, 1.54) is 0 Å². The number of likely N-dealkylation sites (tertiary alicyclic amines) is 1. The van der Waals surface area contributed by atoms with Gasteiger partial charge in [-0.05, 0) is 40.0 Å². The monoisotopic (exact) mass is 255 g/mol. The van der Waals surface area contributed by atoms with Gasteiger partial charge in [-0.15, -0.1) is 0 Å². The predicted octanol–water partition coefficient (Wildman–Crippen LogP) is 2.09. The number of piperidine rings is 1. The van der Waals surface area contributed by atoms with Gasteiger partial charge >= 0.3 is 12.1 Å². The fourth-order valence-electron chi connectivity index (χ4n) is 2.54. The molecule has 2 fully saturated rings. The molecular weight excluding hydrogens is 234 g/mol. The van der Waals surface area contributed by atoms with Gasteiger partial charge in [-0.25, -0.2) is 4.79 Å². The maximum Gasteiger partial charge on any atom is 0.410 e. The second-order valence-corrected chi connectivity index (χ2v) is 6.16. The van der Waals surface area contributed by atoms with E-state index in [0.29, 0.717) is 25.9 Å². The first-order valence-corrected chi connectivity index (χ1v) is 6.50. The molecule has 5 nitrogen and oxygen atoms in total. The summed E-state index contributed by atoms with van der Waals surface area (Å²) in [6, 6.07) is 0. The maximum absolute atomic E-state index is 12.0. The predicted molar refractivity (Wildman–Crippen MR) is 65.1 cm³/mol. The zero-order valence-electron chi connectivity index (χ0n) is 11.3. The van der Waals surface area contributed by atoms with Gasteiger partial charge in [0.25, 0.3) is 0 Å². The van der Waals surface area contributed by atoms with E-state index in [9.17, 15) is 9.59 Å². The Hall–Kier alpha value is -1.26. The molecule has 2 aliphatic heterocycles. The molecule has 0 N–H and O–H groups in total. The summed E-state index contributed by atoms with van der Waals surface area (Å²) < 4.78 is 10.8. The molecule has 2 heterocycles. The van der Waals surface area contributed by atoms with Crippen LogP contribution >= 0.6 is 0 Å². The van der Waals surface area contributed by atoms with Crippen LogP contribution in [0.1, 0.15) is 46.5 Å². The lowest BCUT2D eigenvalue weighted by Crippen LogP contribution is -2.51. The molecule has 2 rings (SSSR count). The Morgan fingerprint density at radius 1 is 1.39 bits per heavy atom. The highest BCUT2D eigenvalue weighted by Gasteiger charge is 2.45. The highest BCUT2D eigenvalue weighted by atomic mass is 16.6. The van der Waals surface area contributed by atoms with E-state index < -0.39 is 11.2 Å². The van der Waals surface area contributed by atoms with Crippen LogP contribution in [0.3, 0.4) is 0 Å². The van der Waals surface area contributed by atoms with E-state index in [-0.39, 0.29) is 12.1 Å². The smallest absolute Gasteiger partial charge is 0.410 e. The molecule has 0 bridgehead atoms. The second-order valence-electron chi connectivity index (χ2n) is 6.16. The number of hydrogen-bond acceptors (Lipinski definition) is 4. The number of carbonyl (C=O) groups is 2. The van der Waals surface area contributed by atoms with Crippen molar-refractivity contribution in [3.63, 3.8) is 0 Å². The average molecular weight is 255 g/mol. The number of nitrogens with zero attached hydrogens (tertiary/aromatic N) is 1. The normalized spacial score (nSPS) is 28.4. The summed E-state index contributed by atoms with van der Waals surface area (Å²) >= 11 is 0. The molecule has 1 spiro atoms. The third-order valence-electron chi connectivity index (χ3n) is 3.31. The number of amides is 1. The van der Waals surface area contributed by atoms with Crippen LogP contribution in [0.2, 0.25) is 0 Å². The number of carbonyl (C=O) groups excluding carboxylic acids is 2. The Morgan fingerprint density at radius 3 is 2.67 bits per heavy atom. The Morgan fingerprint density at radius 2 is 2.11 bits per heavy atom. The molecular formula is C13H21NO4. The van der Waals surface area contributed by atoms with Crippen LogP contribution in [0.4, 0.5) is 4.79 Å². The summed E-state index contributed by atoms with van der Waals surface area (Å²) in [5.74, 6) is -0.152. The van der Waals surface area contributed by atoms with E-state index >= 15 is 0 Å². The fourth-order valence-corrected chi connectivity index (χ4v) is 2.54. The highest BCUT2D eigenvalue weighted by Crippen LogP contribution is 2.35. The van der Waals surface area contributed by atoms with Gasteiger partial charge in [0.1, 0.15) is 11.2 Å². The largest absolute Gasteiger partial charge is 0.457 e. The minimum atomic E-state index is -0.492. The van der Waals surface area contributed by atoms with Gasteiger partial charge in [0, 0.05) is 13.0 Å². The van der Waals surface area contributed by atoms with Gasteiger partial charge in [-0.3, -0.25) is 4.79 Å². The number of esters is 1. The molecule has 5 heteroatoms. The van der Waals surface area contributed by atoms with Crippen LogP contribution in [0.15, 0.2) is 0 Å². The number of rotatable bonds is 0. The SMILES string of the molecule is CC(C)(C)OC(=O)N1CCCC2(CCC(=O)O2)C1. The van der Waals surface area contributed by atoms with Crippen molar-refractivity contribution in [2.75, 3.05) is 13.1 Å². The van der Waals surface area contributed by atoms with Crippen molar-refractivity contribution < 1.29 is 19.1 Å². The Bertz CT molecular complexity index is 360. The van der Waals surface area contributed by atoms with Crippen LogP contribution in [0.5, 0.6) is 0 Å². The summed E-state index contributed by atoms with van der Waals surface area (Å²) in [5.41, 5.74) is -0.944. The standard InChI is InChI=1S/C13H21NO4/c1-12(2,3)18-11(16)14-8-4-6-13(9-14)7-5-10(15)17-13/h4-9H2,1-3H3. The van der Waals surface area contributed by atoms with E-state index in [2.05, 4.69) is 0 Å². The quantitative estimate of drug-likeness (QED) is 0.622. The van der Waals surface area contributed by atoms with Crippen molar-refractivity contribution in [1.29, 1.82) is 0 Å². The zero-order chi connectivity index (χ0) is 13.4. The first-order chi connectivity index (χ1) is 8.30. The molecule has 0 aromatic heterocycles. The molecule has 102 valence electrons. The average Bonchev–Trinajstić information content (AvgIpc) is 2.57. The molecule has 0 aromatic carbocycles. The van der Waals surface area contributed by atoms with Crippen molar-refractivity contribution in [2.45, 2.75) is 57.7 Å². The number of hydrogen-bond donors (Lipinski definition) is 0. The first-order valence-electron chi connectivity index (χ1n) is 6.50. The van der Waals surface area contributed by atoms with Gasteiger partial charge in [-0.2, -0.15) is 0 Å². The lowest BCUT2D eigenvalue weighted by molar-refractivity contribution is -0.152. The summed E-state index contributed by atoms with van der Waals surface area (Å²) in [6.07, 6.45) is 2.56. The van der Waals surface area contributed by atoms with Gasteiger partial charge < -0.3 is 14.4 Å². The van der Waals surface area contributed by atoms with Gasteiger partial charge in [0.05, 0.1) is 6.54 Å². The second kappa shape index (κ2) is 4.44. The Balaban J connectivity index is 1.99. The maximum atomic E-state index is 12.0. The van der Waals surface area contributed by atoms with E-state index in [0.717, 1.165) is 12.8 Å². The van der Waals surface area contributed by atoms with Crippen LogP contribution in [0, 0.1) is 0 Å². The molecule has 2 saturated heterocycles. The van der Waals surface area contributed by atoms with E-state index in [4.69, 9.17) is 9.47 Å². The highest BCUT2D eigenvalue weighted by molar-refractivity contribution is 5.73. The third kappa shape index (κ3) is 2.94. The van der Waals surface area contributed by atoms with Crippen molar-refractivity contribution >= 4 is 12.1 Å². The minimum absolute atomic E-state index is 0.152. The van der Waals surface area contributed by atoms with Crippen molar-refractivity contribution in [3.8, 4) is 0 Å². The molecule has 1 unspecified atom stereocenters. The van der Waals surface area contributed by atoms with Gasteiger partial charge in [0.15, 0.2) is 0 Å². The van der Waals surface area contributed by atoms with Crippen molar-refractivity contribution in [1.82, 2.24) is 4.90 Å². The summed E-state index contributed by atoms with van der Waals surface area (Å²) in [6.45, 7) is 6.68. The van der Waals surface area contributed by atoms with Crippen molar-refractivity contribution in [2.24, 2.45) is 0 Å². The summed E-state index contributed by atoms with van der Waals surface area (Å²) in [5, 5.41) is 0. The van der Waals surface area contributed by atoms with Crippen LogP contribution in [-0.4, -0.2) is 41.3 Å². The van der Waals surface area contributed by atoms with Crippen LogP contribution in [0.25, 0.3) is 0 Å². The van der Waals surface area contributed by atoms with Crippen LogP contribution in [-0.2, 0) is 14.3 Å². The lowest BCUT2D eigenvalue weighted by Gasteiger charge is -2.39. The molecule has 2 aliphatic rings. The molecule has 1 amide bonds. The summed E-state index contributed by atoms with van der Waals surface area (Å²) in [4.78, 5) is 24.9. The minimum Gasteiger partial charge on any atom is -0.457 e.